The maximum atomic E-state index is 11.2. The van der Waals surface area contributed by atoms with Crippen LogP contribution in [0.25, 0.3) is 0 Å². The molecule has 2 aromatic rings. The van der Waals surface area contributed by atoms with Crippen LogP contribution in [0, 0.1) is 12.1 Å². The number of rotatable bonds is 2. The fourth-order valence-corrected chi connectivity index (χ4v) is 1.18. The number of pyridine rings is 2. The molecule has 76 valence electrons. The normalized spacial score (nSPS) is 9.93. The van der Waals surface area contributed by atoms with E-state index in [4.69, 9.17) is 4.74 Å². The number of aromatic nitrogens is 2. The molecule has 0 aromatic carbocycles. The third-order valence-corrected chi connectivity index (χ3v) is 2.01. The third-order valence-electron chi connectivity index (χ3n) is 2.01. The van der Waals surface area contributed by atoms with Gasteiger partial charge >= 0.3 is 0 Å². The molecule has 0 amide bonds. The quantitative estimate of drug-likeness (QED) is 0.551. The highest BCUT2D eigenvalue weighted by Crippen LogP contribution is 2.19. The number of nitrogens with zero attached hydrogens (tertiary/aromatic N) is 2. The zero-order valence-electron chi connectivity index (χ0n) is 8.25. The summed E-state index contributed by atoms with van der Waals surface area (Å²) in [5, 5.41) is 11.2. The van der Waals surface area contributed by atoms with Gasteiger partial charge in [0.25, 0.3) is 0 Å². The largest absolute Gasteiger partial charge is 0.618 e. The number of hydrogen-bond donors (Lipinski definition) is 0. The van der Waals surface area contributed by atoms with Crippen LogP contribution in [0.3, 0.4) is 0 Å². The van der Waals surface area contributed by atoms with Crippen LogP contribution in [-0.2, 0) is 0 Å². The van der Waals surface area contributed by atoms with Gasteiger partial charge in [0.15, 0.2) is 11.9 Å². The van der Waals surface area contributed by atoms with Crippen LogP contribution in [-0.4, -0.2) is 4.98 Å². The maximum Gasteiger partial charge on any atom is 0.232 e. The van der Waals surface area contributed by atoms with Gasteiger partial charge in [-0.05, 0) is 12.1 Å². The van der Waals surface area contributed by atoms with Crippen molar-refractivity contribution in [2.45, 2.75) is 6.92 Å². The molecular weight excluding hydrogens is 192 g/mol. The molecule has 4 nitrogen and oxygen atoms in total. The van der Waals surface area contributed by atoms with E-state index < -0.39 is 0 Å². The highest BCUT2D eigenvalue weighted by atomic mass is 16.5. The summed E-state index contributed by atoms with van der Waals surface area (Å²) in [6.07, 6.45) is 3.07. The average molecular weight is 202 g/mol. The van der Waals surface area contributed by atoms with Crippen molar-refractivity contribution in [2.24, 2.45) is 0 Å². The molecule has 2 rings (SSSR count). The molecule has 0 bridgehead atoms. The van der Waals surface area contributed by atoms with Gasteiger partial charge < -0.3 is 9.94 Å². The Morgan fingerprint density at radius 3 is 2.87 bits per heavy atom. The van der Waals surface area contributed by atoms with Crippen molar-refractivity contribution in [3.8, 4) is 11.6 Å². The lowest BCUT2D eigenvalue weighted by molar-refractivity contribution is -0.612. The van der Waals surface area contributed by atoms with Gasteiger partial charge in [0.1, 0.15) is 0 Å². The van der Waals surface area contributed by atoms with E-state index in [1.54, 1.807) is 37.4 Å². The molecule has 0 radical (unpaired) electrons. The molecular formula is C11H10N2O2. The first-order valence-electron chi connectivity index (χ1n) is 4.55. The summed E-state index contributed by atoms with van der Waals surface area (Å²) in [6, 6.07) is 8.74. The number of ether oxygens (including phenoxy) is 1. The minimum absolute atomic E-state index is 0.479. The monoisotopic (exact) mass is 202 g/mol. The third kappa shape index (κ3) is 2.04. The SMILES string of the molecule is Cc1c(Oc2ccccn2)ccc[n+]1[O-]. The molecule has 0 aliphatic rings. The predicted molar refractivity (Wildman–Crippen MR) is 54.5 cm³/mol. The molecule has 2 heterocycles. The molecule has 0 aliphatic carbocycles. The first-order valence-corrected chi connectivity index (χ1v) is 4.55. The van der Waals surface area contributed by atoms with Crippen LogP contribution >= 0.6 is 0 Å². The number of hydrogen-bond acceptors (Lipinski definition) is 3. The van der Waals surface area contributed by atoms with Crippen LogP contribution in [0.15, 0.2) is 42.7 Å². The van der Waals surface area contributed by atoms with E-state index >= 15 is 0 Å². The van der Waals surface area contributed by atoms with Crippen LogP contribution < -0.4 is 9.47 Å². The van der Waals surface area contributed by atoms with Crippen LogP contribution in [0.5, 0.6) is 11.6 Å². The maximum absolute atomic E-state index is 11.2. The molecule has 2 aromatic heterocycles. The summed E-state index contributed by atoms with van der Waals surface area (Å²) >= 11 is 0. The lowest BCUT2D eigenvalue weighted by Crippen LogP contribution is -2.29. The first kappa shape index (κ1) is 9.45. The van der Waals surface area contributed by atoms with E-state index in [0.717, 1.165) is 4.73 Å². The van der Waals surface area contributed by atoms with Crippen molar-refractivity contribution in [3.05, 3.63) is 53.6 Å². The fourth-order valence-electron chi connectivity index (χ4n) is 1.18. The Morgan fingerprint density at radius 1 is 1.27 bits per heavy atom. The Bertz CT molecular complexity index is 457. The Morgan fingerprint density at radius 2 is 2.13 bits per heavy atom. The second kappa shape index (κ2) is 3.96. The molecule has 0 saturated heterocycles. The van der Waals surface area contributed by atoms with Gasteiger partial charge in [-0.3, -0.25) is 0 Å². The highest BCUT2D eigenvalue weighted by Gasteiger charge is 2.08. The fraction of sp³-hybridized carbons (Fsp3) is 0.0909. The van der Waals surface area contributed by atoms with E-state index in [9.17, 15) is 5.21 Å². The summed E-state index contributed by atoms with van der Waals surface area (Å²) in [5.41, 5.74) is 0.517. The van der Waals surface area contributed by atoms with E-state index in [2.05, 4.69) is 4.98 Å². The lowest BCUT2D eigenvalue weighted by atomic mass is 10.3. The van der Waals surface area contributed by atoms with Crippen molar-refractivity contribution < 1.29 is 9.47 Å². The minimum atomic E-state index is 0.479. The molecule has 0 N–H and O–H groups in total. The topological polar surface area (TPSA) is 49.1 Å². The second-order valence-corrected chi connectivity index (χ2v) is 3.05. The Kier molecular flexibility index (Phi) is 2.49. The zero-order valence-corrected chi connectivity index (χ0v) is 8.25. The first-order chi connectivity index (χ1) is 7.27. The zero-order chi connectivity index (χ0) is 10.7. The second-order valence-electron chi connectivity index (χ2n) is 3.05. The van der Waals surface area contributed by atoms with Crippen molar-refractivity contribution in [3.63, 3.8) is 0 Å². The standard InChI is InChI=1S/C11H10N2O2/c1-9-10(5-4-8-13(9)14)15-11-6-2-3-7-12-11/h2-8H,1H3. The van der Waals surface area contributed by atoms with Crippen molar-refractivity contribution in [2.75, 3.05) is 0 Å². The molecule has 0 spiro atoms. The van der Waals surface area contributed by atoms with Crippen LogP contribution in [0.1, 0.15) is 5.69 Å². The molecule has 0 atom stereocenters. The highest BCUT2D eigenvalue weighted by molar-refractivity contribution is 5.27. The van der Waals surface area contributed by atoms with Crippen LogP contribution in [0.2, 0.25) is 0 Å². The smallest absolute Gasteiger partial charge is 0.232 e. The minimum Gasteiger partial charge on any atom is -0.618 e. The Labute approximate surface area is 87.4 Å². The van der Waals surface area contributed by atoms with Gasteiger partial charge in [0.05, 0.1) is 0 Å². The van der Waals surface area contributed by atoms with Gasteiger partial charge in [0, 0.05) is 25.3 Å². The Hall–Kier alpha value is -2.10. The molecule has 0 aliphatic heterocycles. The average Bonchev–Trinajstić information content (AvgIpc) is 2.26. The predicted octanol–water partition coefficient (Wildman–Crippen LogP) is 1.82. The van der Waals surface area contributed by atoms with Crippen LogP contribution in [0.4, 0.5) is 0 Å². The van der Waals surface area contributed by atoms with E-state index in [1.807, 2.05) is 6.07 Å². The van der Waals surface area contributed by atoms with Crippen molar-refractivity contribution in [1.82, 2.24) is 4.98 Å². The lowest BCUT2D eigenvalue weighted by Gasteiger charge is -2.06. The van der Waals surface area contributed by atoms with E-state index in [0.29, 0.717) is 17.3 Å². The van der Waals surface area contributed by atoms with Gasteiger partial charge in [-0.2, -0.15) is 4.73 Å². The summed E-state index contributed by atoms with van der Waals surface area (Å²) < 4.78 is 6.22. The molecule has 0 saturated carbocycles. The molecule has 4 heteroatoms. The molecule has 0 fully saturated rings. The van der Waals surface area contributed by atoms with E-state index in [-0.39, 0.29) is 0 Å². The van der Waals surface area contributed by atoms with Crippen molar-refractivity contribution in [1.29, 1.82) is 0 Å². The van der Waals surface area contributed by atoms with Crippen molar-refractivity contribution >= 4 is 0 Å². The molecule has 0 unspecified atom stereocenters. The van der Waals surface area contributed by atoms with Gasteiger partial charge in [-0.25, -0.2) is 4.98 Å². The summed E-state index contributed by atoms with van der Waals surface area (Å²) in [4.78, 5) is 4.01. The van der Waals surface area contributed by atoms with Gasteiger partial charge in [-0.15, -0.1) is 0 Å². The molecule has 15 heavy (non-hydrogen) atoms. The Balaban J connectivity index is 2.29. The summed E-state index contributed by atoms with van der Waals surface area (Å²) in [6.45, 7) is 1.70. The van der Waals surface area contributed by atoms with Gasteiger partial charge in [0.2, 0.25) is 11.6 Å². The van der Waals surface area contributed by atoms with E-state index in [1.165, 1.54) is 6.20 Å². The van der Waals surface area contributed by atoms with Gasteiger partial charge in [-0.1, -0.05) is 6.07 Å². The summed E-state index contributed by atoms with van der Waals surface area (Å²) in [5.74, 6) is 0.998. The summed E-state index contributed by atoms with van der Waals surface area (Å²) in [7, 11) is 0.